The van der Waals surface area contributed by atoms with Gasteiger partial charge in [-0.25, -0.2) is 9.97 Å². The zero-order chi connectivity index (χ0) is 17.1. The van der Waals surface area contributed by atoms with Crippen molar-refractivity contribution >= 4 is 33.6 Å². The third-order valence-electron chi connectivity index (χ3n) is 4.33. The largest absolute Gasteiger partial charge is 0.315 e. The van der Waals surface area contributed by atoms with E-state index in [-0.39, 0.29) is 0 Å². The fourth-order valence-corrected chi connectivity index (χ4v) is 4.52. The van der Waals surface area contributed by atoms with Gasteiger partial charge in [-0.3, -0.25) is 14.9 Å². The van der Waals surface area contributed by atoms with Crippen LogP contribution in [0.2, 0.25) is 0 Å². The van der Waals surface area contributed by atoms with Crippen molar-refractivity contribution in [1.29, 1.82) is 0 Å². The number of rotatable bonds is 5. The summed E-state index contributed by atoms with van der Waals surface area (Å²) in [6, 6.07) is 0. The number of aryl methyl sites for hydroxylation is 1. The topological polar surface area (TPSA) is 66.8 Å². The van der Waals surface area contributed by atoms with Crippen molar-refractivity contribution in [2.24, 2.45) is 0 Å². The molecular weight excluding hydrogens is 352 g/mol. The first kappa shape index (κ1) is 16.6. The molecule has 3 aromatic rings. The number of nitrogens with one attached hydrogen (secondary N) is 1. The minimum absolute atomic E-state index is 0.388. The molecular formula is C17H20N6S2. The highest BCUT2D eigenvalue weighted by atomic mass is 32.1. The molecule has 3 aromatic heterocycles. The van der Waals surface area contributed by atoms with Gasteiger partial charge in [-0.1, -0.05) is 0 Å². The molecule has 0 aromatic carbocycles. The monoisotopic (exact) mass is 372 g/mol. The summed E-state index contributed by atoms with van der Waals surface area (Å²) in [6.45, 7) is 5.15. The lowest BCUT2D eigenvalue weighted by molar-refractivity contribution is 0.200. The van der Waals surface area contributed by atoms with Gasteiger partial charge in [-0.2, -0.15) is 0 Å². The van der Waals surface area contributed by atoms with Gasteiger partial charge < -0.3 is 5.32 Å². The summed E-state index contributed by atoms with van der Waals surface area (Å²) in [5, 5.41) is 4.23. The minimum Gasteiger partial charge on any atom is -0.315 e. The van der Waals surface area contributed by atoms with Crippen LogP contribution in [0, 0.1) is 6.92 Å². The quantitative estimate of drug-likeness (QED) is 0.734. The second kappa shape index (κ2) is 7.55. The number of hydrogen-bond donors (Lipinski definition) is 1. The van der Waals surface area contributed by atoms with Crippen molar-refractivity contribution in [3.05, 3.63) is 45.7 Å². The van der Waals surface area contributed by atoms with E-state index >= 15 is 0 Å². The summed E-state index contributed by atoms with van der Waals surface area (Å²) in [5.74, 6) is 1.22. The molecule has 4 rings (SSSR count). The molecule has 1 aliphatic heterocycles. The first-order chi connectivity index (χ1) is 12.3. The maximum atomic E-state index is 4.65. The summed E-state index contributed by atoms with van der Waals surface area (Å²) in [7, 11) is 0. The van der Waals surface area contributed by atoms with E-state index in [1.807, 2.05) is 17.9 Å². The van der Waals surface area contributed by atoms with Gasteiger partial charge in [0.05, 0.1) is 11.2 Å². The summed E-state index contributed by atoms with van der Waals surface area (Å²) in [5.41, 5.74) is 2.95. The van der Waals surface area contributed by atoms with Crippen LogP contribution in [-0.2, 0) is 6.54 Å². The molecule has 1 fully saturated rings. The molecule has 0 amide bonds. The first-order valence-corrected chi connectivity index (χ1v) is 10.1. The predicted molar refractivity (Wildman–Crippen MR) is 102 cm³/mol. The van der Waals surface area contributed by atoms with Crippen LogP contribution in [0.15, 0.2) is 30.3 Å². The molecule has 0 radical (unpaired) electrons. The van der Waals surface area contributed by atoms with Crippen molar-refractivity contribution in [2.45, 2.75) is 32.2 Å². The van der Waals surface area contributed by atoms with Crippen molar-refractivity contribution in [1.82, 2.24) is 24.8 Å². The van der Waals surface area contributed by atoms with Gasteiger partial charge in [0, 0.05) is 53.5 Å². The lowest BCUT2D eigenvalue weighted by atomic mass is 9.94. The smallest absolute Gasteiger partial charge is 0.188 e. The summed E-state index contributed by atoms with van der Waals surface area (Å²) in [6.07, 6.45) is 9.69. The van der Waals surface area contributed by atoms with E-state index in [2.05, 4.69) is 37.1 Å². The number of likely N-dealkylation sites (tertiary alicyclic amines) is 1. The van der Waals surface area contributed by atoms with Crippen LogP contribution in [-0.4, -0.2) is 37.9 Å². The lowest BCUT2D eigenvalue weighted by Crippen LogP contribution is -2.34. The molecule has 0 bridgehead atoms. The first-order valence-electron chi connectivity index (χ1n) is 8.38. The summed E-state index contributed by atoms with van der Waals surface area (Å²) < 4.78 is 0. The molecule has 1 saturated heterocycles. The Morgan fingerprint density at radius 2 is 2.16 bits per heavy atom. The summed E-state index contributed by atoms with van der Waals surface area (Å²) >= 11 is 3.36. The Labute approximate surface area is 155 Å². The molecule has 0 aliphatic carbocycles. The third-order valence-corrected chi connectivity index (χ3v) is 5.92. The van der Waals surface area contributed by atoms with Crippen molar-refractivity contribution in [2.75, 3.05) is 18.4 Å². The lowest BCUT2D eigenvalue weighted by Gasteiger charge is -2.32. The zero-order valence-corrected chi connectivity index (χ0v) is 15.7. The van der Waals surface area contributed by atoms with E-state index in [0.29, 0.717) is 5.92 Å². The molecule has 0 saturated carbocycles. The molecule has 0 spiro atoms. The number of piperidine rings is 1. The van der Waals surface area contributed by atoms with Gasteiger partial charge >= 0.3 is 0 Å². The van der Waals surface area contributed by atoms with E-state index in [0.717, 1.165) is 42.7 Å². The average molecular weight is 373 g/mol. The van der Waals surface area contributed by atoms with Gasteiger partial charge in [-0.15, -0.1) is 22.7 Å². The number of aromatic nitrogens is 4. The number of thiazole rings is 2. The molecule has 130 valence electrons. The third kappa shape index (κ3) is 4.02. The maximum absolute atomic E-state index is 4.65. The SMILES string of the molecule is Cc1cnc(Nc2nccnc2[C@@H]2CCCN(Cc3cncs3)C2)s1. The van der Waals surface area contributed by atoms with E-state index in [4.69, 9.17) is 0 Å². The van der Waals surface area contributed by atoms with Crippen molar-refractivity contribution in [3.8, 4) is 0 Å². The Balaban J connectivity index is 1.50. The highest BCUT2D eigenvalue weighted by Crippen LogP contribution is 2.32. The highest BCUT2D eigenvalue weighted by Gasteiger charge is 2.25. The normalized spacial score (nSPS) is 18.4. The van der Waals surface area contributed by atoms with Gasteiger partial charge in [0.25, 0.3) is 0 Å². The van der Waals surface area contributed by atoms with Crippen LogP contribution in [0.4, 0.5) is 10.9 Å². The van der Waals surface area contributed by atoms with Gasteiger partial charge in [0.2, 0.25) is 0 Å². The van der Waals surface area contributed by atoms with E-state index < -0.39 is 0 Å². The average Bonchev–Trinajstić information content (AvgIpc) is 3.27. The van der Waals surface area contributed by atoms with Crippen molar-refractivity contribution < 1.29 is 0 Å². The van der Waals surface area contributed by atoms with Crippen LogP contribution < -0.4 is 5.32 Å². The summed E-state index contributed by atoms with van der Waals surface area (Å²) in [4.78, 5) is 22.7. The molecule has 1 N–H and O–H groups in total. The highest BCUT2D eigenvalue weighted by molar-refractivity contribution is 7.15. The Morgan fingerprint density at radius 3 is 2.96 bits per heavy atom. The van der Waals surface area contributed by atoms with Gasteiger partial charge in [-0.05, 0) is 26.3 Å². The van der Waals surface area contributed by atoms with Crippen molar-refractivity contribution in [3.63, 3.8) is 0 Å². The Morgan fingerprint density at radius 1 is 1.24 bits per heavy atom. The fourth-order valence-electron chi connectivity index (χ4n) is 3.22. The van der Waals surface area contributed by atoms with Crippen LogP contribution in [0.25, 0.3) is 0 Å². The van der Waals surface area contributed by atoms with Crippen LogP contribution in [0.3, 0.4) is 0 Å². The molecule has 0 unspecified atom stereocenters. The predicted octanol–water partition coefficient (Wildman–Crippen LogP) is 3.82. The Bertz CT molecular complexity index is 816. The van der Waals surface area contributed by atoms with Crippen LogP contribution in [0.5, 0.6) is 0 Å². The molecule has 4 heterocycles. The molecule has 25 heavy (non-hydrogen) atoms. The zero-order valence-electron chi connectivity index (χ0n) is 14.1. The Kier molecular flexibility index (Phi) is 5.00. The molecule has 1 aliphatic rings. The molecule has 6 nitrogen and oxygen atoms in total. The van der Waals surface area contributed by atoms with E-state index in [1.54, 1.807) is 35.1 Å². The second-order valence-electron chi connectivity index (χ2n) is 6.23. The molecule has 1 atom stereocenters. The van der Waals surface area contributed by atoms with Crippen LogP contribution in [0.1, 0.15) is 34.2 Å². The standard InChI is InChI=1S/C17H20N6S2/c1-12-7-21-17(25-12)22-16-15(19-4-5-20-16)13-3-2-6-23(9-13)10-14-8-18-11-24-14/h4-5,7-8,11,13H,2-3,6,9-10H2,1H3,(H,20,21,22)/t13-/m1/s1. The fraction of sp³-hybridized carbons (Fsp3) is 0.412. The van der Waals surface area contributed by atoms with Gasteiger partial charge in [0.1, 0.15) is 0 Å². The number of anilines is 2. The number of nitrogens with zero attached hydrogens (tertiary/aromatic N) is 5. The van der Waals surface area contributed by atoms with Gasteiger partial charge in [0.15, 0.2) is 10.9 Å². The maximum Gasteiger partial charge on any atom is 0.188 e. The molecule has 8 heteroatoms. The second-order valence-corrected chi connectivity index (χ2v) is 8.44. The minimum atomic E-state index is 0.388. The Hall–Kier alpha value is -1.90. The van der Waals surface area contributed by atoms with Crippen LogP contribution >= 0.6 is 22.7 Å². The van der Waals surface area contributed by atoms with E-state index in [1.165, 1.54) is 16.2 Å². The number of hydrogen-bond acceptors (Lipinski definition) is 8. The van der Waals surface area contributed by atoms with E-state index in [9.17, 15) is 0 Å².